The first kappa shape index (κ1) is 14.6. The molecule has 0 radical (unpaired) electrons. The highest BCUT2D eigenvalue weighted by Crippen LogP contribution is 2.29. The first-order chi connectivity index (χ1) is 9.11. The van der Waals surface area contributed by atoms with E-state index in [-0.39, 0.29) is 25.1 Å². The summed E-state index contributed by atoms with van der Waals surface area (Å²) in [4.78, 5) is 13.9. The number of likely N-dealkylation sites (tertiary alicyclic amines) is 1. The van der Waals surface area contributed by atoms with Crippen LogP contribution in [0.1, 0.15) is 12.8 Å². The average molecular weight is 303 g/mol. The first-order valence-corrected chi connectivity index (χ1v) is 6.96. The van der Waals surface area contributed by atoms with Crippen LogP contribution in [0.5, 0.6) is 0 Å². The van der Waals surface area contributed by atoms with Gasteiger partial charge < -0.3 is 10.4 Å². The first-order valence-electron chi connectivity index (χ1n) is 6.20. The third-order valence-corrected chi connectivity index (χ3v) is 4.10. The lowest BCUT2D eigenvalue weighted by Gasteiger charge is -2.22. The maximum atomic E-state index is 12.0. The standard InChI is InChI=1S/C13H16Cl2N2O2/c14-10-4-1-5-11(13(10)15)16-12(19)7-17-6-2-3-9(17)8-18/h1,4-5,9,18H,2-3,6-8H2,(H,16,19)/t9-/m0/s1. The molecular weight excluding hydrogens is 287 g/mol. The highest BCUT2D eigenvalue weighted by molar-refractivity contribution is 6.43. The number of carbonyl (C=O) groups is 1. The number of carbonyl (C=O) groups excluding carboxylic acids is 1. The van der Waals surface area contributed by atoms with Gasteiger partial charge in [0.2, 0.25) is 5.91 Å². The molecular formula is C13H16Cl2N2O2. The summed E-state index contributed by atoms with van der Waals surface area (Å²) in [5.74, 6) is -0.149. The number of amides is 1. The van der Waals surface area contributed by atoms with Crippen LogP contribution in [0.25, 0.3) is 0 Å². The van der Waals surface area contributed by atoms with E-state index in [4.69, 9.17) is 23.2 Å². The number of aliphatic hydroxyl groups excluding tert-OH is 1. The lowest BCUT2D eigenvalue weighted by atomic mass is 10.2. The lowest BCUT2D eigenvalue weighted by Crippen LogP contribution is -2.38. The number of anilines is 1. The second kappa shape index (κ2) is 6.57. The normalized spacial score (nSPS) is 19.6. The Bertz CT molecular complexity index is 468. The number of hydrogen-bond donors (Lipinski definition) is 2. The highest BCUT2D eigenvalue weighted by Gasteiger charge is 2.25. The molecule has 1 saturated heterocycles. The maximum Gasteiger partial charge on any atom is 0.238 e. The minimum atomic E-state index is -0.149. The van der Waals surface area contributed by atoms with Crippen molar-refractivity contribution in [1.29, 1.82) is 0 Å². The summed E-state index contributed by atoms with van der Waals surface area (Å²) >= 11 is 11.9. The molecule has 19 heavy (non-hydrogen) atoms. The Morgan fingerprint density at radius 3 is 3.00 bits per heavy atom. The van der Waals surface area contributed by atoms with Gasteiger partial charge in [-0.25, -0.2) is 0 Å². The fraction of sp³-hybridized carbons (Fsp3) is 0.462. The Morgan fingerprint density at radius 2 is 2.26 bits per heavy atom. The van der Waals surface area contributed by atoms with Gasteiger partial charge in [0.15, 0.2) is 0 Å². The van der Waals surface area contributed by atoms with E-state index in [0.717, 1.165) is 19.4 Å². The molecule has 6 heteroatoms. The molecule has 1 aliphatic rings. The predicted octanol–water partition coefficient (Wildman–Crippen LogP) is 2.39. The van der Waals surface area contributed by atoms with Crippen LogP contribution in [0, 0.1) is 0 Å². The summed E-state index contributed by atoms with van der Waals surface area (Å²) < 4.78 is 0. The van der Waals surface area contributed by atoms with Crippen LogP contribution in [0.2, 0.25) is 10.0 Å². The van der Waals surface area contributed by atoms with E-state index < -0.39 is 0 Å². The van der Waals surface area contributed by atoms with Crippen molar-refractivity contribution in [1.82, 2.24) is 4.90 Å². The Morgan fingerprint density at radius 1 is 1.47 bits per heavy atom. The molecule has 0 spiro atoms. The van der Waals surface area contributed by atoms with Crippen LogP contribution in [0.3, 0.4) is 0 Å². The van der Waals surface area contributed by atoms with Gasteiger partial charge in [0, 0.05) is 6.04 Å². The van der Waals surface area contributed by atoms with Gasteiger partial charge in [-0.3, -0.25) is 9.69 Å². The number of aliphatic hydroxyl groups is 1. The topological polar surface area (TPSA) is 52.6 Å². The average Bonchev–Trinajstić information content (AvgIpc) is 2.82. The van der Waals surface area contributed by atoms with Crippen molar-refractivity contribution in [2.75, 3.05) is 25.0 Å². The number of halogens is 2. The van der Waals surface area contributed by atoms with Crippen LogP contribution < -0.4 is 5.32 Å². The number of rotatable bonds is 4. The third kappa shape index (κ3) is 3.60. The van der Waals surface area contributed by atoms with Gasteiger partial charge in [-0.1, -0.05) is 29.3 Å². The minimum absolute atomic E-state index is 0.0839. The molecule has 1 fully saturated rings. The molecule has 1 aromatic rings. The number of benzene rings is 1. The Kier molecular flexibility index (Phi) is 5.05. The van der Waals surface area contributed by atoms with E-state index >= 15 is 0 Å². The molecule has 1 aromatic carbocycles. The lowest BCUT2D eigenvalue weighted by molar-refractivity contribution is -0.117. The second-order valence-electron chi connectivity index (χ2n) is 4.60. The third-order valence-electron chi connectivity index (χ3n) is 3.28. The number of nitrogens with one attached hydrogen (secondary N) is 1. The Labute approximate surface area is 122 Å². The molecule has 0 saturated carbocycles. The number of hydrogen-bond acceptors (Lipinski definition) is 3. The summed E-state index contributed by atoms with van der Waals surface area (Å²) in [6, 6.07) is 5.19. The molecule has 2 N–H and O–H groups in total. The Hall–Kier alpha value is -0.810. The molecule has 0 aliphatic carbocycles. The monoisotopic (exact) mass is 302 g/mol. The molecule has 0 bridgehead atoms. The molecule has 2 rings (SSSR count). The van der Waals surface area contributed by atoms with Crippen LogP contribution >= 0.6 is 23.2 Å². The maximum absolute atomic E-state index is 12.0. The van der Waals surface area contributed by atoms with Crippen molar-refractivity contribution in [3.63, 3.8) is 0 Å². The van der Waals surface area contributed by atoms with Crippen LogP contribution in [0.15, 0.2) is 18.2 Å². The zero-order valence-electron chi connectivity index (χ0n) is 10.4. The molecule has 104 valence electrons. The van der Waals surface area contributed by atoms with E-state index in [0.29, 0.717) is 15.7 Å². The van der Waals surface area contributed by atoms with E-state index in [9.17, 15) is 9.90 Å². The summed E-state index contributed by atoms with van der Waals surface area (Å²) in [7, 11) is 0. The highest BCUT2D eigenvalue weighted by atomic mass is 35.5. The summed E-state index contributed by atoms with van der Waals surface area (Å²) in [5.41, 5.74) is 0.513. The predicted molar refractivity (Wildman–Crippen MR) is 76.8 cm³/mol. The van der Waals surface area contributed by atoms with Crippen LogP contribution in [-0.2, 0) is 4.79 Å². The summed E-state index contributed by atoms with van der Waals surface area (Å²) in [6.45, 7) is 1.18. The largest absolute Gasteiger partial charge is 0.395 e. The van der Waals surface area contributed by atoms with E-state index in [1.54, 1.807) is 18.2 Å². The fourth-order valence-electron chi connectivity index (χ4n) is 2.28. The quantitative estimate of drug-likeness (QED) is 0.898. The van der Waals surface area contributed by atoms with Gasteiger partial charge in [-0.15, -0.1) is 0 Å². The minimum Gasteiger partial charge on any atom is -0.395 e. The van der Waals surface area contributed by atoms with Gasteiger partial charge in [0.05, 0.1) is 28.9 Å². The van der Waals surface area contributed by atoms with E-state index in [2.05, 4.69) is 5.32 Å². The van der Waals surface area contributed by atoms with Crippen molar-refractivity contribution in [3.05, 3.63) is 28.2 Å². The molecule has 0 aromatic heterocycles. The molecule has 1 atom stereocenters. The van der Waals surface area contributed by atoms with Crippen molar-refractivity contribution in [2.24, 2.45) is 0 Å². The zero-order chi connectivity index (χ0) is 13.8. The second-order valence-corrected chi connectivity index (χ2v) is 5.38. The van der Waals surface area contributed by atoms with Gasteiger partial charge in [0.25, 0.3) is 0 Å². The molecule has 1 aliphatic heterocycles. The molecule has 0 unspecified atom stereocenters. The summed E-state index contributed by atoms with van der Waals surface area (Å²) in [6.07, 6.45) is 1.94. The Balaban J connectivity index is 1.96. The van der Waals surface area contributed by atoms with Crippen LogP contribution in [0.4, 0.5) is 5.69 Å². The van der Waals surface area contributed by atoms with Gasteiger partial charge in [0.1, 0.15) is 0 Å². The smallest absolute Gasteiger partial charge is 0.238 e. The SMILES string of the molecule is O=C(CN1CCC[C@H]1CO)Nc1cccc(Cl)c1Cl. The summed E-state index contributed by atoms with van der Waals surface area (Å²) in [5, 5.41) is 12.7. The van der Waals surface area contributed by atoms with Crippen LogP contribution in [-0.4, -0.2) is 41.7 Å². The van der Waals surface area contributed by atoms with Gasteiger partial charge in [-0.05, 0) is 31.5 Å². The van der Waals surface area contributed by atoms with E-state index in [1.165, 1.54) is 0 Å². The zero-order valence-corrected chi connectivity index (χ0v) is 11.9. The fourth-order valence-corrected chi connectivity index (χ4v) is 2.63. The van der Waals surface area contributed by atoms with Crippen molar-refractivity contribution >= 4 is 34.8 Å². The van der Waals surface area contributed by atoms with Crippen molar-refractivity contribution in [3.8, 4) is 0 Å². The van der Waals surface area contributed by atoms with Gasteiger partial charge in [-0.2, -0.15) is 0 Å². The van der Waals surface area contributed by atoms with Crippen molar-refractivity contribution in [2.45, 2.75) is 18.9 Å². The van der Waals surface area contributed by atoms with Crippen molar-refractivity contribution < 1.29 is 9.90 Å². The molecule has 4 nitrogen and oxygen atoms in total. The van der Waals surface area contributed by atoms with E-state index in [1.807, 2.05) is 4.90 Å². The molecule has 1 amide bonds. The van der Waals surface area contributed by atoms with Gasteiger partial charge >= 0.3 is 0 Å². The number of nitrogens with zero attached hydrogens (tertiary/aromatic N) is 1. The molecule has 1 heterocycles.